The van der Waals surface area contributed by atoms with Crippen molar-refractivity contribution in [2.75, 3.05) is 33.9 Å². The number of nitrogens with one attached hydrogen (secondary N) is 1. The minimum atomic E-state index is -0.192. The van der Waals surface area contributed by atoms with Crippen LogP contribution >= 0.6 is 0 Å². The third kappa shape index (κ3) is 5.08. The molecular weight excluding hydrogens is 456 g/mol. The first-order valence-corrected chi connectivity index (χ1v) is 12.5. The monoisotopic (exact) mass is 488 g/mol. The van der Waals surface area contributed by atoms with Crippen molar-refractivity contribution in [3.63, 3.8) is 0 Å². The van der Waals surface area contributed by atoms with Crippen LogP contribution in [-0.4, -0.2) is 60.3 Å². The van der Waals surface area contributed by atoms with Gasteiger partial charge in [0, 0.05) is 31.4 Å². The Bertz CT molecular complexity index is 1240. The van der Waals surface area contributed by atoms with Crippen molar-refractivity contribution in [2.45, 2.75) is 25.7 Å². The molecule has 2 heterocycles. The van der Waals surface area contributed by atoms with Crippen molar-refractivity contribution in [2.24, 2.45) is 11.8 Å². The molecule has 1 aliphatic carbocycles. The van der Waals surface area contributed by atoms with Gasteiger partial charge in [0.1, 0.15) is 0 Å². The topological polar surface area (TPSA) is 85.7 Å². The van der Waals surface area contributed by atoms with Gasteiger partial charge in [-0.25, -0.2) is 4.68 Å². The first-order chi connectivity index (χ1) is 17.6. The van der Waals surface area contributed by atoms with Crippen molar-refractivity contribution in [1.29, 1.82) is 0 Å². The lowest BCUT2D eigenvalue weighted by atomic mass is 9.96. The minimum absolute atomic E-state index is 0.0503. The number of nitrogens with zero attached hydrogens (tertiary/aromatic N) is 3. The van der Waals surface area contributed by atoms with E-state index in [2.05, 4.69) is 5.32 Å². The van der Waals surface area contributed by atoms with Gasteiger partial charge < -0.3 is 19.7 Å². The third-order valence-electron chi connectivity index (χ3n) is 6.97. The van der Waals surface area contributed by atoms with Crippen LogP contribution in [0.1, 0.15) is 36.2 Å². The number of carbonyl (C=O) groups is 2. The third-order valence-corrected chi connectivity index (χ3v) is 6.97. The first kappa shape index (κ1) is 23.9. The average molecular weight is 489 g/mol. The smallest absolute Gasteiger partial charge is 0.275 e. The van der Waals surface area contributed by atoms with Gasteiger partial charge in [0.05, 0.1) is 25.8 Å². The van der Waals surface area contributed by atoms with Crippen molar-refractivity contribution in [3.8, 4) is 28.3 Å². The molecule has 0 radical (unpaired) electrons. The number of ether oxygens (including phenoxy) is 2. The summed E-state index contributed by atoms with van der Waals surface area (Å²) >= 11 is 0. The molecule has 1 atom stereocenters. The average Bonchev–Trinajstić information content (AvgIpc) is 3.67. The lowest BCUT2D eigenvalue weighted by Crippen LogP contribution is -2.46. The number of piperidine rings is 1. The molecule has 1 aromatic heterocycles. The quantitative estimate of drug-likeness (QED) is 0.519. The van der Waals surface area contributed by atoms with E-state index in [1.807, 2.05) is 54.7 Å². The fraction of sp³-hybridized carbons (Fsp3) is 0.393. The number of hydrogen-bond acceptors (Lipinski definition) is 5. The molecule has 1 N–H and O–H groups in total. The van der Waals surface area contributed by atoms with Gasteiger partial charge in [0.25, 0.3) is 5.91 Å². The van der Waals surface area contributed by atoms with Crippen LogP contribution in [-0.2, 0) is 4.79 Å². The predicted molar refractivity (Wildman–Crippen MR) is 136 cm³/mol. The number of para-hydroxylation sites is 1. The van der Waals surface area contributed by atoms with Gasteiger partial charge in [-0.05, 0) is 61.4 Å². The maximum absolute atomic E-state index is 13.8. The number of methoxy groups -OCH3 is 2. The largest absolute Gasteiger partial charge is 0.493 e. The first-order valence-electron chi connectivity index (χ1n) is 12.5. The molecule has 0 bridgehead atoms. The summed E-state index contributed by atoms with van der Waals surface area (Å²) in [7, 11) is 3.18. The minimum Gasteiger partial charge on any atom is -0.493 e. The van der Waals surface area contributed by atoms with Crippen molar-refractivity contribution < 1.29 is 19.1 Å². The molecule has 188 valence electrons. The maximum atomic E-state index is 13.8. The van der Waals surface area contributed by atoms with Crippen molar-refractivity contribution in [1.82, 2.24) is 20.0 Å². The van der Waals surface area contributed by atoms with Gasteiger partial charge in [0.2, 0.25) is 5.91 Å². The molecule has 2 aliphatic rings. The van der Waals surface area contributed by atoms with Gasteiger partial charge in [-0.1, -0.05) is 24.3 Å². The Labute approximate surface area is 211 Å². The highest BCUT2D eigenvalue weighted by Crippen LogP contribution is 2.35. The highest BCUT2D eigenvalue weighted by molar-refractivity contribution is 5.99. The van der Waals surface area contributed by atoms with Crippen LogP contribution in [0.3, 0.4) is 0 Å². The van der Waals surface area contributed by atoms with Crippen molar-refractivity contribution in [3.05, 3.63) is 60.4 Å². The summed E-state index contributed by atoms with van der Waals surface area (Å²) in [5.41, 5.74) is 2.71. The fourth-order valence-corrected chi connectivity index (χ4v) is 4.70. The van der Waals surface area contributed by atoms with Gasteiger partial charge >= 0.3 is 0 Å². The second-order valence-electron chi connectivity index (χ2n) is 9.52. The predicted octanol–water partition coefficient (Wildman–Crippen LogP) is 3.93. The molecule has 2 aromatic carbocycles. The summed E-state index contributed by atoms with van der Waals surface area (Å²) in [5.74, 6) is 1.50. The highest BCUT2D eigenvalue weighted by Gasteiger charge is 2.32. The van der Waals surface area contributed by atoms with E-state index in [0.717, 1.165) is 30.6 Å². The SMILES string of the molecule is COc1ccc(-c2cn(-c3ccccc3)nc2C(=O)N2CCC[C@@H](C(=O)NCC3CC3)C2)cc1OC. The number of benzene rings is 2. The molecule has 2 amide bonds. The number of amides is 2. The zero-order valence-electron chi connectivity index (χ0n) is 20.8. The molecule has 1 saturated heterocycles. The summed E-state index contributed by atoms with van der Waals surface area (Å²) in [6.45, 7) is 1.75. The molecule has 0 unspecified atom stereocenters. The van der Waals surface area contributed by atoms with E-state index in [-0.39, 0.29) is 17.7 Å². The normalized spacial score (nSPS) is 17.5. The van der Waals surface area contributed by atoms with Gasteiger partial charge in [-0.3, -0.25) is 9.59 Å². The number of carbonyl (C=O) groups excluding carboxylic acids is 2. The Morgan fingerprint density at radius 2 is 1.81 bits per heavy atom. The summed E-state index contributed by atoms with van der Waals surface area (Å²) in [4.78, 5) is 28.3. The molecule has 0 spiro atoms. The molecule has 2 fully saturated rings. The van der Waals surface area contributed by atoms with E-state index >= 15 is 0 Å². The van der Waals surface area contributed by atoms with Crippen LogP contribution in [0.2, 0.25) is 0 Å². The maximum Gasteiger partial charge on any atom is 0.275 e. The highest BCUT2D eigenvalue weighted by atomic mass is 16.5. The lowest BCUT2D eigenvalue weighted by molar-refractivity contribution is -0.126. The van der Waals surface area contributed by atoms with Gasteiger partial charge in [-0.15, -0.1) is 0 Å². The number of hydrogen-bond donors (Lipinski definition) is 1. The van der Waals surface area contributed by atoms with Gasteiger partial charge in [0.15, 0.2) is 17.2 Å². The molecule has 36 heavy (non-hydrogen) atoms. The van der Waals surface area contributed by atoms with Crippen LogP contribution < -0.4 is 14.8 Å². The molecule has 5 rings (SSSR count). The van der Waals surface area contributed by atoms with E-state index in [0.29, 0.717) is 41.8 Å². The Balaban J connectivity index is 1.45. The van der Waals surface area contributed by atoms with E-state index in [9.17, 15) is 9.59 Å². The fourth-order valence-electron chi connectivity index (χ4n) is 4.70. The number of likely N-dealkylation sites (tertiary alicyclic amines) is 1. The van der Waals surface area contributed by atoms with E-state index in [1.165, 1.54) is 12.8 Å². The zero-order chi connectivity index (χ0) is 25.1. The summed E-state index contributed by atoms with van der Waals surface area (Å²) in [6.07, 6.45) is 5.84. The van der Waals surface area contributed by atoms with Crippen molar-refractivity contribution >= 4 is 11.8 Å². The standard InChI is InChI=1S/C28H32N4O4/c1-35-24-13-12-20(15-25(24)36-2)23-18-32(22-8-4-3-5-9-22)30-26(23)28(34)31-14-6-7-21(17-31)27(33)29-16-19-10-11-19/h3-5,8-9,12-13,15,18-19,21H,6-7,10-11,14,16-17H2,1-2H3,(H,29,33)/t21-/m1/s1. The summed E-state index contributed by atoms with van der Waals surface area (Å²) in [6, 6.07) is 15.3. The summed E-state index contributed by atoms with van der Waals surface area (Å²) in [5, 5.41) is 7.80. The Morgan fingerprint density at radius 1 is 1.03 bits per heavy atom. The Kier molecular flexibility index (Phi) is 6.93. The van der Waals surface area contributed by atoms with E-state index < -0.39 is 0 Å². The van der Waals surface area contributed by atoms with Crippen LogP contribution in [0.25, 0.3) is 16.8 Å². The van der Waals surface area contributed by atoms with E-state index in [4.69, 9.17) is 14.6 Å². The van der Waals surface area contributed by atoms with Crippen LogP contribution in [0.15, 0.2) is 54.7 Å². The van der Waals surface area contributed by atoms with Crippen LogP contribution in [0, 0.1) is 11.8 Å². The van der Waals surface area contributed by atoms with Crippen LogP contribution in [0.4, 0.5) is 0 Å². The molecular formula is C28H32N4O4. The lowest BCUT2D eigenvalue weighted by Gasteiger charge is -2.31. The molecule has 1 saturated carbocycles. The Morgan fingerprint density at radius 3 is 2.53 bits per heavy atom. The molecule has 3 aromatic rings. The van der Waals surface area contributed by atoms with Gasteiger partial charge in [-0.2, -0.15) is 5.10 Å². The Hall–Kier alpha value is -3.81. The molecule has 8 nitrogen and oxygen atoms in total. The number of rotatable bonds is 8. The van der Waals surface area contributed by atoms with E-state index in [1.54, 1.807) is 23.8 Å². The molecule has 8 heteroatoms. The zero-order valence-corrected chi connectivity index (χ0v) is 20.8. The number of aromatic nitrogens is 2. The van der Waals surface area contributed by atoms with Crippen LogP contribution in [0.5, 0.6) is 11.5 Å². The summed E-state index contributed by atoms with van der Waals surface area (Å²) < 4.78 is 12.6. The molecule has 1 aliphatic heterocycles. The second kappa shape index (κ2) is 10.4. The second-order valence-corrected chi connectivity index (χ2v) is 9.52.